The van der Waals surface area contributed by atoms with Crippen LogP contribution >= 0.6 is 22.9 Å². The van der Waals surface area contributed by atoms with E-state index in [2.05, 4.69) is 44.8 Å². The van der Waals surface area contributed by atoms with Crippen LogP contribution in [0, 0.1) is 0 Å². The van der Waals surface area contributed by atoms with Crippen molar-refractivity contribution in [3.8, 4) is 0 Å². The van der Waals surface area contributed by atoms with Gasteiger partial charge in [-0.1, -0.05) is 54.1 Å². The Labute approximate surface area is 190 Å². The predicted molar refractivity (Wildman–Crippen MR) is 123 cm³/mol. The van der Waals surface area contributed by atoms with Gasteiger partial charge in [-0.2, -0.15) is 0 Å². The molecule has 0 spiro atoms. The van der Waals surface area contributed by atoms with Gasteiger partial charge in [0.05, 0.1) is 16.3 Å². The Morgan fingerprint density at radius 1 is 1.16 bits per heavy atom. The lowest BCUT2D eigenvalue weighted by molar-refractivity contribution is -0.117. The number of thiazole rings is 1. The lowest BCUT2D eigenvalue weighted by Gasteiger charge is -2.25. The Hall–Kier alpha value is -2.74. The van der Waals surface area contributed by atoms with Gasteiger partial charge in [-0.3, -0.25) is 14.5 Å². The van der Waals surface area contributed by atoms with E-state index in [0.29, 0.717) is 15.7 Å². The van der Waals surface area contributed by atoms with Crippen molar-refractivity contribution >= 4 is 39.9 Å². The average molecular weight is 455 g/mol. The van der Waals surface area contributed by atoms with Gasteiger partial charge in [0.1, 0.15) is 6.04 Å². The summed E-state index contributed by atoms with van der Waals surface area (Å²) < 4.78 is 0. The Kier molecular flexibility index (Phi) is 6.65. The van der Waals surface area contributed by atoms with Gasteiger partial charge in [-0.15, -0.1) is 11.3 Å². The first-order valence-corrected chi connectivity index (χ1v) is 11.3. The van der Waals surface area contributed by atoms with E-state index in [-0.39, 0.29) is 11.8 Å². The molecular formula is C23H23ClN4O2S. The van der Waals surface area contributed by atoms with E-state index in [1.54, 1.807) is 31.2 Å². The number of nitrogens with one attached hydrogen (secondary N) is 2. The van der Waals surface area contributed by atoms with Crippen LogP contribution < -0.4 is 10.6 Å². The third-order valence-electron chi connectivity index (χ3n) is 5.15. The standard InChI is InChI=1S/C23H23ClN4O2S/c1-15(25-22(30)17-9-5-6-10-18(17)24)21(29)27-23-26-19-11-12-28(14-20(19)31-23)13-16-7-3-2-4-8-16/h2-10,15H,11-14H2,1H3,(H,25,30)(H,26,27,29). The van der Waals surface area contributed by atoms with Gasteiger partial charge in [0.15, 0.2) is 5.13 Å². The number of benzene rings is 2. The normalized spacial score (nSPS) is 14.5. The SMILES string of the molecule is CC(NC(=O)c1ccccc1Cl)C(=O)Nc1nc2c(s1)CN(Cc1ccccc1)CC2. The summed E-state index contributed by atoms with van der Waals surface area (Å²) in [5, 5.41) is 6.44. The van der Waals surface area contributed by atoms with Gasteiger partial charge >= 0.3 is 0 Å². The van der Waals surface area contributed by atoms with Gasteiger partial charge in [0.25, 0.3) is 5.91 Å². The molecule has 0 saturated heterocycles. The van der Waals surface area contributed by atoms with Crippen LogP contribution in [0.1, 0.15) is 33.4 Å². The molecule has 0 aliphatic carbocycles. The van der Waals surface area contributed by atoms with Crippen molar-refractivity contribution in [2.75, 3.05) is 11.9 Å². The number of aromatic nitrogens is 1. The number of hydrogen-bond donors (Lipinski definition) is 2. The number of hydrogen-bond acceptors (Lipinski definition) is 5. The van der Waals surface area contributed by atoms with E-state index in [1.165, 1.54) is 21.8 Å². The Balaban J connectivity index is 1.34. The molecule has 1 atom stereocenters. The van der Waals surface area contributed by atoms with E-state index in [9.17, 15) is 9.59 Å². The fourth-order valence-electron chi connectivity index (χ4n) is 3.48. The maximum atomic E-state index is 12.6. The molecule has 31 heavy (non-hydrogen) atoms. The number of halogens is 1. The van der Waals surface area contributed by atoms with Gasteiger partial charge in [-0.05, 0) is 24.6 Å². The molecule has 2 amide bonds. The minimum Gasteiger partial charge on any atom is -0.340 e. The van der Waals surface area contributed by atoms with Crippen LogP contribution in [0.2, 0.25) is 5.02 Å². The molecular weight excluding hydrogens is 432 g/mol. The fraction of sp³-hybridized carbons (Fsp3) is 0.261. The van der Waals surface area contributed by atoms with E-state index >= 15 is 0 Å². The molecule has 8 heteroatoms. The zero-order valence-electron chi connectivity index (χ0n) is 17.1. The molecule has 160 valence electrons. The van der Waals surface area contributed by atoms with Crippen LogP contribution in [0.15, 0.2) is 54.6 Å². The van der Waals surface area contributed by atoms with Crippen molar-refractivity contribution in [2.45, 2.75) is 32.5 Å². The number of anilines is 1. The molecule has 4 rings (SSSR count). The maximum absolute atomic E-state index is 12.6. The van der Waals surface area contributed by atoms with Crippen LogP contribution in [-0.4, -0.2) is 34.3 Å². The second-order valence-corrected chi connectivity index (χ2v) is 8.99. The van der Waals surface area contributed by atoms with Crippen molar-refractivity contribution in [3.63, 3.8) is 0 Å². The fourth-order valence-corrected chi connectivity index (χ4v) is 4.75. The number of fused-ring (bicyclic) bond motifs is 1. The van der Waals surface area contributed by atoms with Gasteiger partial charge in [0, 0.05) is 30.9 Å². The first-order chi connectivity index (χ1) is 15.0. The lowest BCUT2D eigenvalue weighted by atomic mass is 10.1. The summed E-state index contributed by atoms with van der Waals surface area (Å²) in [7, 11) is 0. The van der Waals surface area contributed by atoms with E-state index < -0.39 is 6.04 Å². The number of amides is 2. The molecule has 2 N–H and O–H groups in total. The summed E-state index contributed by atoms with van der Waals surface area (Å²) in [6.45, 7) is 4.28. The number of carbonyl (C=O) groups excluding carboxylic acids is 2. The monoisotopic (exact) mass is 454 g/mol. The predicted octanol–water partition coefficient (Wildman–Crippen LogP) is 4.11. The zero-order chi connectivity index (χ0) is 21.8. The molecule has 2 aromatic carbocycles. The minimum absolute atomic E-state index is 0.312. The first-order valence-electron chi connectivity index (χ1n) is 10.1. The third kappa shape index (κ3) is 5.31. The van der Waals surface area contributed by atoms with Crippen LogP contribution in [0.5, 0.6) is 0 Å². The highest BCUT2D eigenvalue weighted by atomic mass is 35.5. The summed E-state index contributed by atoms with van der Waals surface area (Å²) in [5.41, 5.74) is 2.66. The minimum atomic E-state index is -0.723. The molecule has 3 aromatic rings. The summed E-state index contributed by atoms with van der Waals surface area (Å²) in [5.74, 6) is -0.698. The molecule has 1 aliphatic rings. The van der Waals surface area contributed by atoms with E-state index in [4.69, 9.17) is 11.6 Å². The van der Waals surface area contributed by atoms with Crippen molar-refractivity contribution in [3.05, 3.63) is 81.3 Å². The van der Waals surface area contributed by atoms with Crippen LogP contribution in [-0.2, 0) is 24.3 Å². The lowest BCUT2D eigenvalue weighted by Crippen LogP contribution is -2.41. The summed E-state index contributed by atoms with van der Waals surface area (Å²) in [6.07, 6.45) is 0.854. The van der Waals surface area contributed by atoms with Gasteiger partial charge < -0.3 is 10.6 Å². The Bertz CT molecular complexity index is 1090. The van der Waals surface area contributed by atoms with Gasteiger partial charge in [-0.25, -0.2) is 4.98 Å². The Morgan fingerprint density at radius 3 is 2.68 bits per heavy atom. The summed E-state index contributed by atoms with van der Waals surface area (Å²) in [4.78, 5) is 33.1. The molecule has 1 unspecified atom stereocenters. The molecule has 0 radical (unpaired) electrons. The van der Waals surface area contributed by atoms with E-state index in [1.807, 2.05) is 6.07 Å². The average Bonchev–Trinajstić information content (AvgIpc) is 3.16. The van der Waals surface area contributed by atoms with Gasteiger partial charge in [0.2, 0.25) is 5.91 Å². The molecule has 1 aliphatic heterocycles. The first kappa shape index (κ1) is 21.5. The topological polar surface area (TPSA) is 74.3 Å². The molecule has 1 aromatic heterocycles. The van der Waals surface area contributed by atoms with Crippen LogP contribution in [0.25, 0.3) is 0 Å². The number of nitrogens with zero attached hydrogens (tertiary/aromatic N) is 2. The molecule has 6 nitrogen and oxygen atoms in total. The Morgan fingerprint density at radius 2 is 1.90 bits per heavy atom. The van der Waals surface area contributed by atoms with Crippen molar-refractivity contribution in [1.29, 1.82) is 0 Å². The molecule has 0 fully saturated rings. The zero-order valence-corrected chi connectivity index (χ0v) is 18.7. The van der Waals surface area contributed by atoms with Crippen molar-refractivity contribution in [2.24, 2.45) is 0 Å². The third-order valence-corrected chi connectivity index (χ3v) is 6.48. The molecule has 0 saturated carbocycles. The second kappa shape index (κ2) is 9.60. The van der Waals surface area contributed by atoms with Crippen molar-refractivity contribution in [1.82, 2.24) is 15.2 Å². The summed E-state index contributed by atoms with van der Waals surface area (Å²) in [6, 6.07) is 16.4. The number of rotatable bonds is 6. The highest BCUT2D eigenvalue weighted by Gasteiger charge is 2.23. The molecule has 2 heterocycles. The smallest absolute Gasteiger partial charge is 0.253 e. The maximum Gasteiger partial charge on any atom is 0.253 e. The largest absolute Gasteiger partial charge is 0.340 e. The van der Waals surface area contributed by atoms with E-state index in [0.717, 1.165) is 31.7 Å². The van der Waals surface area contributed by atoms with Crippen LogP contribution in [0.3, 0.4) is 0 Å². The second-order valence-electron chi connectivity index (χ2n) is 7.50. The quantitative estimate of drug-likeness (QED) is 0.587. The van der Waals surface area contributed by atoms with Crippen molar-refractivity contribution < 1.29 is 9.59 Å². The molecule has 0 bridgehead atoms. The number of carbonyl (C=O) groups is 2. The highest BCUT2D eigenvalue weighted by molar-refractivity contribution is 7.15. The highest BCUT2D eigenvalue weighted by Crippen LogP contribution is 2.29. The van der Waals surface area contributed by atoms with Crippen LogP contribution in [0.4, 0.5) is 5.13 Å². The summed E-state index contributed by atoms with van der Waals surface area (Å²) >= 11 is 7.55.